The predicted octanol–water partition coefficient (Wildman–Crippen LogP) is 3.45. The van der Waals surface area contributed by atoms with Gasteiger partial charge in [0.05, 0.1) is 4.91 Å². The largest absolute Gasteiger partial charge is 0.461 e. The summed E-state index contributed by atoms with van der Waals surface area (Å²) in [4.78, 5) is 35.2. The second kappa shape index (κ2) is 16.3. The average Bonchev–Trinajstić information content (AvgIpc) is 2.76. The normalized spacial score (nSPS) is 12.5. The fourth-order valence-corrected chi connectivity index (χ4v) is 3.92. The molecule has 30 heavy (non-hydrogen) atoms. The van der Waals surface area contributed by atoms with Crippen LogP contribution in [0.25, 0.3) is 0 Å². The first-order valence-electron chi connectivity index (χ1n) is 9.44. The van der Waals surface area contributed by atoms with Crippen molar-refractivity contribution in [1.29, 1.82) is 0 Å². The number of hydroxylamine groups is 1. The zero-order chi connectivity index (χ0) is 22.2. The number of nitrogens with one attached hydrogen (secondary N) is 1. The van der Waals surface area contributed by atoms with Crippen LogP contribution in [0.3, 0.4) is 0 Å². The number of nitrogens with zero attached hydrogens (tertiary/aromatic N) is 1. The van der Waals surface area contributed by atoms with Crippen LogP contribution in [0, 0.1) is 0 Å². The minimum Gasteiger partial charge on any atom is -0.461 e. The number of hydrogen-bond donors (Lipinski definition) is 3. The standard InChI is InChI=1S/C20H28N2O5S3/c1-29-18(15-30-22(26)17(12-23)14-28)20(25)21-11-7-3-6-10-19(24)27-13-16-8-4-2-5-9-16/h2,4-5,8-9,12,15,17,26,28H,3,6-7,10-11,13-14H2,1H3,(H,21,25)/b18-15-/t17-/m1/s1. The highest BCUT2D eigenvalue weighted by molar-refractivity contribution is 8.05. The Morgan fingerprint density at radius 3 is 2.63 bits per heavy atom. The van der Waals surface area contributed by atoms with Crippen molar-refractivity contribution in [2.24, 2.45) is 0 Å². The maximum atomic E-state index is 12.2. The molecule has 0 heterocycles. The SMILES string of the molecule is CS/C(=C\SN(O)[C@H](C=O)CS)C(=O)NCCCCCC(=O)OCc1ccccc1. The number of ether oxygens (including phenoxy) is 1. The molecule has 1 amide bonds. The van der Waals surface area contributed by atoms with Crippen LogP contribution in [0.2, 0.25) is 0 Å². The number of benzene rings is 1. The van der Waals surface area contributed by atoms with E-state index in [1.54, 1.807) is 6.26 Å². The Hall–Kier alpha value is -1.46. The summed E-state index contributed by atoms with van der Waals surface area (Å²) in [5, 5.41) is 14.0. The van der Waals surface area contributed by atoms with E-state index in [1.807, 2.05) is 30.3 Å². The highest BCUT2D eigenvalue weighted by Crippen LogP contribution is 2.20. The molecule has 0 aliphatic rings. The average molecular weight is 473 g/mol. The van der Waals surface area contributed by atoms with Crippen molar-refractivity contribution in [3.63, 3.8) is 0 Å². The molecule has 10 heteroatoms. The van der Waals surface area contributed by atoms with Gasteiger partial charge in [-0.25, -0.2) is 0 Å². The fraction of sp³-hybridized carbons (Fsp3) is 0.450. The Kier molecular flexibility index (Phi) is 14.4. The van der Waals surface area contributed by atoms with E-state index in [-0.39, 0.29) is 24.2 Å². The maximum Gasteiger partial charge on any atom is 0.306 e. The number of thioether (sulfide) groups is 1. The van der Waals surface area contributed by atoms with Crippen LogP contribution < -0.4 is 5.32 Å². The molecule has 0 unspecified atom stereocenters. The monoisotopic (exact) mass is 472 g/mol. The summed E-state index contributed by atoms with van der Waals surface area (Å²) in [5.41, 5.74) is 0.959. The number of amides is 1. The Bertz CT molecular complexity index is 688. The molecule has 0 aliphatic heterocycles. The van der Waals surface area contributed by atoms with Crippen LogP contribution >= 0.6 is 36.3 Å². The van der Waals surface area contributed by atoms with E-state index in [4.69, 9.17) is 4.74 Å². The minimum absolute atomic E-state index is 0.168. The molecule has 0 aromatic heterocycles. The van der Waals surface area contributed by atoms with Crippen LogP contribution in [-0.2, 0) is 25.7 Å². The third kappa shape index (κ3) is 11.1. The molecule has 1 aromatic rings. The van der Waals surface area contributed by atoms with E-state index >= 15 is 0 Å². The lowest BCUT2D eigenvalue weighted by Crippen LogP contribution is -2.29. The summed E-state index contributed by atoms with van der Waals surface area (Å²) in [6, 6.07) is 8.78. The second-order valence-corrected chi connectivity index (χ2v) is 8.23. The molecule has 0 spiro atoms. The number of unbranched alkanes of at least 4 members (excludes halogenated alkanes) is 2. The number of carbonyl (C=O) groups excluding carboxylic acids is 3. The van der Waals surface area contributed by atoms with Crippen molar-refractivity contribution >= 4 is 54.5 Å². The first kappa shape index (κ1) is 26.6. The van der Waals surface area contributed by atoms with Gasteiger partial charge < -0.3 is 20.1 Å². The third-order valence-electron chi connectivity index (χ3n) is 3.93. The predicted molar refractivity (Wildman–Crippen MR) is 124 cm³/mol. The highest BCUT2D eigenvalue weighted by atomic mass is 32.2. The van der Waals surface area contributed by atoms with Crippen molar-refractivity contribution in [1.82, 2.24) is 9.79 Å². The van der Waals surface area contributed by atoms with Gasteiger partial charge in [0.1, 0.15) is 18.9 Å². The van der Waals surface area contributed by atoms with E-state index in [0.717, 1.165) is 34.8 Å². The highest BCUT2D eigenvalue weighted by Gasteiger charge is 2.15. The summed E-state index contributed by atoms with van der Waals surface area (Å²) in [6.45, 7) is 0.765. The van der Waals surface area contributed by atoms with E-state index in [9.17, 15) is 19.6 Å². The molecule has 0 aliphatic carbocycles. The smallest absolute Gasteiger partial charge is 0.306 e. The summed E-state index contributed by atoms with van der Waals surface area (Å²) in [6.07, 6.45) is 4.92. The van der Waals surface area contributed by atoms with Crippen LogP contribution in [0.1, 0.15) is 31.2 Å². The number of esters is 1. The van der Waals surface area contributed by atoms with Gasteiger partial charge in [-0.1, -0.05) is 36.8 Å². The van der Waals surface area contributed by atoms with E-state index in [2.05, 4.69) is 17.9 Å². The molecule has 1 aromatic carbocycles. The zero-order valence-electron chi connectivity index (χ0n) is 16.9. The van der Waals surface area contributed by atoms with Gasteiger partial charge in [-0.3, -0.25) is 9.59 Å². The van der Waals surface area contributed by atoms with Gasteiger partial charge in [0.2, 0.25) is 0 Å². The molecule has 0 bridgehead atoms. The molecule has 0 saturated heterocycles. The topological polar surface area (TPSA) is 95.9 Å². The molecule has 1 atom stereocenters. The Morgan fingerprint density at radius 2 is 2.00 bits per heavy atom. The van der Waals surface area contributed by atoms with Gasteiger partial charge in [-0.05, 0) is 36.6 Å². The summed E-state index contributed by atoms with van der Waals surface area (Å²) in [7, 11) is 0. The maximum absolute atomic E-state index is 12.2. The summed E-state index contributed by atoms with van der Waals surface area (Å²) < 4.78 is 5.99. The van der Waals surface area contributed by atoms with Crippen molar-refractivity contribution in [2.75, 3.05) is 18.6 Å². The van der Waals surface area contributed by atoms with Gasteiger partial charge in [-0.2, -0.15) is 12.6 Å². The van der Waals surface area contributed by atoms with Crippen LogP contribution in [0.4, 0.5) is 0 Å². The third-order valence-corrected chi connectivity index (χ3v) is 6.02. The van der Waals surface area contributed by atoms with Crippen molar-refractivity contribution < 1.29 is 24.3 Å². The van der Waals surface area contributed by atoms with E-state index in [1.165, 1.54) is 17.2 Å². The second-order valence-electron chi connectivity index (χ2n) is 6.19. The quantitative estimate of drug-likeness (QED) is 0.0680. The van der Waals surface area contributed by atoms with Crippen LogP contribution in [0.15, 0.2) is 40.6 Å². The number of aldehydes is 1. The zero-order valence-corrected chi connectivity index (χ0v) is 19.4. The summed E-state index contributed by atoms with van der Waals surface area (Å²) in [5.74, 6) is -0.309. The first-order valence-corrected chi connectivity index (χ1v) is 12.1. The molecule has 1 rings (SSSR count). The van der Waals surface area contributed by atoms with Gasteiger partial charge in [0.15, 0.2) is 0 Å². The van der Waals surface area contributed by atoms with Gasteiger partial charge in [-0.15, -0.1) is 16.2 Å². The van der Waals surface area contributed by atoms with Gasteiger partial charge in [0.25, 0.3) is 5.91 Å². The Morgan fingerprint density at radius 1 is 1.27 bits per heavy atom. The van der Waals surface area contributed by atoms with Crippen LogP contribution in [0.5, 0.6) is 0 Å². The number of thiol groups is 1. The van der Waals surface area contributed by atoms with Crippen molar-refractivity contribution in [2.45, 2.75) is 38.3 Å². The first-order chi connectivity index (χ1) is 14.5. The molecule has 7 nitrogen and oxygen atoms in total. The number of carbonyl (C=O) groups is 3. The van der Waals surface area contributed by atoms with Crippen molar-refractivity contribution in [3.05, 3.63) is 46.2 Å². The minimum atomic E-state index is -0.750. The Balaban J connectivity index is 2.19. The van der Waals surface area contributed by atoms with Gasteiger partial charge in [0, 0.05) is 24.1 Å². The van der Waals surface area contributed by atoms with E-state index in [0.29, 0.717) is 30.6 Å². The molecule has 0 fully saturated rings. The van der Waals surface area contributed by atoms with Crippen molar-refractivity contribution in [3.8, 4) is 0 Å². The lowest BCUT2D eigenvalue weighted by atomic mass is 10.2. The summed E-state index contributed by atoms with van der Waals surface area (Å²) >= 11 is 6.08. The van der Waals surface area contributed by atoms with Crippen LogP contribution in [-0.4, -0.2) is 52.4 Å². The lowest BCUT2D eigenvalue weighted by Gasteiger charge is -2.16. The number of rotatable bonds is 15. The molecular formula is C20H28N2O5S3. The van der Waals surface area contributed by atoms with E-state index < -0.39 is 6.04 Å². The number of hydrogen-bond acceptors (Lipinski definition) is 9. The molecule has 0 saturated carbocycles. The molecule has 0 radical (unpaired) electrons. The lowest BCUT2D eigenvalue weighted by molar-refractivity contribution is -0.145. The Labute approximate surface area is 191 Å². The molecule has 166 valence electrons. The molecular weight excluding hydrogens is 444 g/mol. The fourth-order valence-electron chi connectivity index (χ4n) is 2.21. The van der Waals surface area contributed by atoms with Gasteiger partial charge >= 0.3 is 5.97 Å². The molecule has 2 N–H and O–H groups in total.